The summed E-state index contributed by atoms with van der Waals surface area (Å²) in [6.45, 7) is 6.65. The van der Waals surface area contributed by atoms with Gasteiger partial charge >= 0.3 is 0 Å². The predicted octanol–water partition coefficient (Wildman–Crippen LogP) is 4.82. The van der Waals surface area contributed by atoms with Gasteiger partial charge in [-0.05, 0) is 55.2 Å². The highest BCUT2D eigenvalue weighted by Crippen LogP contribution is 2.48. The molecule has 2 N–H and O–H groups in total. The lowest BCUT2D eigenvalue weighted by atomic mass is 9.86. The largest absolute Gasteiger partial charge is 0.361 e. The molecule has 1 aromatic carbocycles. The van der Waals surface area contributed by atoms with E-state index in [9.17, 15) is 0 Å². The topological polar surface area (TPSA) is 31.6 Å². The lowest BCUT2D eigenvalue weighted by Gasteiger charge is -2.18. The molecule has 2 heterocycles. The van der Waals surface area contributed by atoms with Crippen molar-refractivity contribution in [2.75, 3.05) is 0 Å². The highest BCUT2D eigenvalue weighted by atomic mass is 14.8. The van der Waals surface area contributed by atoms with Crippen LogP contribution in [0.25, 0.3) is 28.6 Å². The molecule has 2 aliphatic rings. The van der Waals surface area contributed by atoms with Gasteiger partial charge < -0.3 is 9.97 Å². The number of rotatable bonds is 5. The van der Waals surface area contributed by atoms with Crippen molar-refractivity contribution < 1.29 is 0 Å². The van der Waals surface area contributed by atoms with Crippen molar-refractivity contribution in [2.24, 2.45) is 5.92 Å². The fourth-order valence-electron chi connectivity index (χ4n) is 4.60. The van der Waals surface area contributed by atoms with Crippen LogP contribution in [0.3, 0.4) is 0 Å². The Morgan fingerprint density at radius 3 is 2.81 bits per heavy atom. The third kappa shape index (κ3) is 2.39. The maximum absolute atomic E-state index is 4.43. The number of hydrogen-bond donors (Lipinski definition) is 2. The molecule has 1 unspecified atom stereocenters. The third-order valence-electron chi connectivity index (χ3n) is 6.10. The molecule has 2 aliphatic carbocycles. The first kappa shape index (κ1) is 15.7. The third-order valence-corrected chi connectivity index (χ3v) is 6.10. The van der Waals surface area contributed by atoms with E-state index in [-0.39, 0.29) is 0 Å². The van der Waals surface area contributed by atoms with Gasteiger partial charge in [-0.2, -0.15) is 0 Å². The van der Waals surface area contributed by atoms with Gasteiger partial charge in [0.15, 0.2) is 0 Å². The molecule has 2 aromatic heterocycles. The van der Waals surface area contributed by atoms with E-state index in [0.717, 1.165) is 25.2 Å². The maximum atomic E-state index is 4.43. The van der Waals surface area contributed by atoms with Crippen LogP contribution in [-0.2, 0) is 0 Å². The Morgan fingerprint density at radius 1 is 1.19 bits per heavy atom. The monoisotopic (exact) mass is 342 g/mol. The molecule has 0 amide bonds. The van der Waals surface area contributed by atoms with Gasteiger partial charge in [0.25, 0.3) is 0 Å². The minimum absolute atomic E-state index is 0.428. The van der Waals surface area contributed by atoms with E-state index in [2.05, 4.69) is 66.1 Å². The number of hydrogen-bond acceptors (Lipinski definition) is 0. The smallest absolute Gasteiger partial charge is 0.0457 e. The molecule has 132 valence electrons. The average molecular weight is 342 g/mol. The van der Waals surface area contributed by atoms with Crippen LogP contribution in [0.5, 0.6) is 0 Å². The Labute approximate surface area is 154 Å². The molecule has 2 heteroatoms. The van der Waals surface area contributed by atoms with Gasteiger partial charge in [0.05, 0.1) is 0 Å². The van der Waals surface area contributed by atoms with Crippen molar-refractivity contribution in [3.8, 4) is 0 Å². The highest BCUT2D eigenvalue weighted by Gasteiger charge is 2.37. The minimum atomic E-state index is 0.428. The molecule has 5 rings (SSSR count). The molecule has 0 bridgehead atoms. The zero-order valence-corrected chi connectivity index (χ0v) is 15.4. The molecule has 0 radical (unpaired) electrons. The summed E-state index contributed by atoms with van der Waals surface area (Å²) in [6, 6.07) is 8.69. The molecule has 0 saturated heterocycles. The zero-order chi connectivity index (χ0) is 17.7. The Bertz CT molecular complexity index is 1100. The van der Waals surface area contributed by atoms with Crippen molar-refractivity contribution >= 4 is 28.6 Å². The molecule has 26 heavy (non-hydrogen) atoms. The molecule has 0 spiro atoms. The summed E-state index contributed by atoms with van der Waals surface area (Å²) >= 11 is 0. The van der Waals surface area contributed by atoms with Crippen molar-refractivity contribution in [3.63, 3.8) is 0 Å². The first-order chi connectivity index (χ1) is 12.8. The van der Waals surface area contributed by atoms with Crippen molar-refractivity contribution in [2.45, 2.75) is 44.9 Å². The Balaban J connectivity index is 1.77. The van der Waals surface area contributed by atoms with E-state index in [1.807, 2.05) is 0 Å². The van der Waals surface area contributed by atoms with E-state index in [0.29, 0.717) is 5.92 Å². The summed E-state index contributed by atoms with van der Waals surface area (Å²) in [6.07, 6.45) is 12.9. The van der Waals surface area contributed by atoms with Gasteiger partial charge in [0.2, 0.25) is 0 Å². The Morgan fingerprint density at radius 2 is 2.00 bits per heavy atom. The average Bonchev–Trinajstić information content (AvgIpc) is 3.31. The van der Waals surface area contributed by atoms with Crippen LogP contribution in [0.2, 0.25) is 0 Å². The number of aromatic nitrogens is 2. The van der Waals surface area contributed by atoms with E-state index >= 15 is 0 Å². The van der Waals surface area contributed by atoms with E-state index in [4.69, 9.17) is 0 Å². The predicted molar refractivity (Wildman–Crippen MR) is 110 cm³/mol. The van der Waals surface area contributed by atoms with Gasteiger partial charge in [-0.15, -0.1) is 0 Å². The normalized spacial score (nSPS) is 17.4. The summed E-state index contributed by atoms with van der Waals surface area (Å²) < 4.78 is 0. The van der Waals surface area contributed by atoms with E-state index in [1.165, 1.54) is 56.7 Å². The number of H-pyrrole nitrogens is 2. The fraction of sp³-hybridized carbons (Fsp3) is 0.333. The van der Waals surface area contributed by atoms with Crippen LogP contribution in [0.15, 0.2) is 37.0 Å². The second kappa shape index (κ2) is 6.05. The summed E-state index contributed by atoms with van der Waals surface area (Å²) in [5.74, 6) is 1.16. The number of nitrogens with one attached hydrogen (secondary N) is 2. The molecule has 1 atom stereocenters. The second-order valence-corrected chi connectivity index (χ2v) is 7.79. The Hall–Kier alpha value is -2.48. The fourth-order valence-corrected chi connectivity index (χ4v) is 4.60. The Kier molecular flexibility index (Phi) is 3.66. The van der Waals surface area contributed by atoms with Gasteiger partial charge in [-0.3, -0.25) is 0 Å². The van der Waals surface area contributed by atoms with Crippen LogP contribution >= 0.6 is 0 Å². The summed E-state index contributed by atoms with van der Waals surface area (Å²) in [5.41, 5.74) is 6.71. The van der Waals surface area contributed by atoms with Crippen LogP contribution in [-0.4, -0.2) is 9.97 Å². The highest BCUT2D eigenvalue weighted by molar-refractivity contribution is 5.84. The summed E-state index contributed by atoms with van der Waals surface area (Å²) in [4.78, 5) is 7.32. The molecule has 2 nitrogen and oxygen atoms in total. The van der Waals surface area contributed by atoms with Crippen LogP contribution in [0.4, 0.5) is 0 Å². The maximum Gasteiger partial charge on any atom is 0.0457 e. The SMILES string of the molecule is C=C(CC)c1c(C(c2c[nH]c3ccccc23)C2CC2)[nH]c2c1=CCCC=2. The molecular formula is C24H26N2. The van der Waals surface area contributed by atoms with Gasteiger partial charge in [0.1, 0.15) is 0 Å². The van der Waals surface area contributed by atoms with Gasteiger partial charge in [0, 0.05) is 44.8 Å². The van der Waals surface area contributed by atoms with Crippen molar-refractivity contribution in [1.29, 1.82) is 0 Å². The number of allylic oxidation sites excluding steroid dienone is 1. The number of aromatic amines is 2. The summed E-state index contributed by atoms with van der Waals surface area (Å²) in [5, 5.41) is 4.06. The summed E-state index contributed by atoms with van der Waals surface area (Å²) in [7, 11) is 0. The van der Waals surface area contributed by atoms with E-state index < -0.39 is 0 Å². The van der Waals surface area contributed by atoms with Crippen molar-refractivity contribution in [1.82, 2.24) is 9.97 Å². The first-order valence-corrected chi connectivity index (χ1v) is 9.94. The number of para-hydroxylation sites is 1. The quantitative estimate of drug-likeness (QED) is 0.666. The molecule has 1 fully saturated rings. The number of benzene rings is 1. The van der Waals surface area contributed by atoms with Gasteiger partial charge in [-0.1, -0.05) is 43.9 Å². The minimum Gasteiger partial charge on any atom is -0.361 e. The lowest BCUT2D eigenvalue weighted by molar-refractivity contribution is 0.688. The number of fused-ring (bicyclic) bond motifs is 2. The van der Waals surface area contributed by atoms with Crippen molar-refractivity contribution in [3.05, 3.63) is 64.4 Å². The standard InChI is InChI=1S/C24H26N2/c1-3-15(2)22-18-9-5-7-11-21(18)26-24(22)23(16-12-13-16)19-14-25-20-10-6-4-8-17(19)20/h4,6,8-11,14,16,23,25-26H,2-3,5,7,12-13H2,1H3. The van der Waals surface area contributed by atoms with E-state index in [1.54, 1.807) is 0 Å². The molecular weight excluding hydrogens is 316 g/mol. The molecule has 1 saturated carbocycles. The molecule has 3 aromatic rings. The van der Waals surface area contributed by atoms with Crippen LogP contribution in [0, 0.1) is 5.92 Å². The van der Waals surface area contributed by atoms with Gasteiger partial charge in [-0.25, -0.2) is 0 Å². The molecule has 0 aliphatic heterocycles. The van der Waals surface area contributed by atoms with Crippen LogP contribution in [0.1, 0.15) is 61.8 Å². The lowest BCUT2D eigenvalue weighted by Crippen LogP contribution is -2.26. The first-order valence-electron chi connectivity index (χ1n) is 9.94. The van der Waals surface area contributed by atoms with Crippen LogP contribution < -0.4 is 10.6 Å². The zero-order valence-electron chi connectivity index (χ0n) is 15.4. The second-order valence-electron chi connectivity index (χ2n) is 7.79.